The van der Waals surface area contributed by atoms with Gasteiger partial charge in [0.1, 0.15) is 5.60 Å². The second kappa shape index (κ2) is 7.37. The highest BCUT2D eigenvalue weighted by Gasteiger charge is 2.15. The molecule has 0 aromatic rings. The molecule has 1 atom stereocenters. The van der Waals surface area contributed by atoms with Gasteiger partial charge in [-0.05, 0) is 20.8 Å². The van der Waals surface area contributed by atoms with Crippen LogP contribution in [0.2, 0.25) is 0 Å². The summed E-state index contributed by atoms with van der Waals surface area (Å²) in [4.78, 5) is 22.5. The molecule has 5 nitrogen and oxygen atoms in total. The molecule has 0 aliphatic rings. The van der Waals surface area contributed by atoms with Gasteiger partial charge in [-0.2, -0.15) is 0 Å². The van der Waals surface area contributed by atoms with E-state index in [4.69, 9.17) is 16.3 Å². The first-order chi connectivity index (χ1) is 7.76. The zero-order chi connectivity index (χ0) is 13.5. The molecule has 0 aliphatic carbocycles. The number of nitrogens with one attached hydrogen (secondary N) is 2. The molecule has 0 aromatic heterocycles. The number of alkyl carbamates (subject to hydrolysis) is 1. The van der Waals surface area contributed by atoms with E-state index in [2.05, 4.69) is 10.6 Å². The molecule has 100 valence electrons. The minimum atomic E-state index is -0.513. The predicted molar refractivity (Wildman–Crippen MR) is 67.1 cm³/mol. The molecule has 2 N–H and O–H groups in total. The summed E-state index contributed by atoms with van der Waals surface area (Å²) in [6.45, 7) is 7.79. The van der Waals surface area contributed by atoms with Crippen molar-refractivity contribution in [1.82, 2.24) is 10.6 Å². The number of hydrogen-bond acceptors (Lipinski definition) is 3. The predicted octanol–water partition coefficient (Wildman–Crippen LogP) is 1.50. The monoisotopic (exact) mass is 264 g/mol. The van der Waals surface area contributed by atoms with Gasteiger partial charge in [-0.3, -0.25) is 4.79 Å². The largest absolute Gasteiger partial charge is 0.444 e. The molecule has 0 aromatic carbocycles. The van der Waals surface area contributed by atoms with Crippen molar-refractivity contribution in [2.75, 3.05) is 19.0 Å². The van der Waals surface area contributed by atoms with E-state index in [9.17, 15) is 9.59 Å². The van der Waals surface area contributed by atoms with Crippen molar-refractivity contribution in [3.63, 3.8) is 0 Å². The van der Waals surface area contributed by atoms with Crippen LogP contribution in [0, 0.1) is 5.92 Å². The highest BCUT2D eigenvalue weighted by molar-refractivity contribution is 6.19. The Morgan fingerprint density at radius 2 is 1.76 bits per heavy atom. The first kappa shape index (κ1) is 16.0. The van der Waals surface area contributed by atoms with Crippen LogP contribution in [0.4, 0.5) is 4.79 Å². The summed E-state index contributed by atoms with van der Waals surface area (Å²) < 4.78 is 5.03. The average Bonchev–Trinajstić information content (AvgIpc) is 2.20. The lowest BCUT2D eigenvalue weighted by atomic mass is 10.2. The van der Waals surface area contributed by atoms with Gasteiger partial charge in [0.25, 0.3) is 0 Å². The van der Waals surface area contributed by atoms with Gasteiger partial charge in [-0.15, -0.1) is 11.6 Å². The van der Waals surface area contributed by atoms with Crippen LogP contribution in [0.5, 0.6) is 0 Å². The summed E-state index contributed by atoms with van der Waals surface area (Å²) in [5.74, 6) is -0.0603. The Balaban J connectivity index is 3.65. The van der Waals surface area contributed by atoms with E-state index in [1.165, 1.54) is 0 Å². The van der Waals surface area contributed by atoms with Crippen LogP contribution in [0.15, 0.2) is 0 Å². The number of ether oxygens (including phenoxy) is 1. The lowest BCUT2D eigenvalue weighted by molar-refractivity contribution is -0.123. The maximum atomic E-state index is 11.3. The zero-order valence-electron chi connectivity index (χ0n) is 10.8. The van der Waals surface area contributed by atoms with E-state index >= 15 is 0 Å². The summed E-state index contributed by atoms with van der Waals surface area (Å²) in [6.07, 6.45) is -0.489. The molecule has 0 bridgehead atoms. The molecule has 17 heavy (non-hydrogen) atoms. The molecule has 0 heterocycles. The van der Waals surface area contributed by atoms with Crippen LogP contribution < -0.4 is 10.6 Å². The first-order valence-corrected chi connectivity index (χ1v) is 6.10. The van der Waals surface area contributed by atoms with Crippen molar-refractivity contribution in [2.24, 2.45) is 5.92 Å². The number of amides is 2. The lowest BCUT2D eigenvalue weighted by Crippen LogP contribution is -2.39. The molecule has 0 saturated heterocycles. The molecule has 6 heteroatoms. The molecule has 0 fully saturated rings. The van der Waals surface area contributed by atoms with Crippen LogP contribution in [0.3, 0.4) is 0 Å². The van der Waals surface area contributed by atoms with E-state index in [0.29, 0.717) is 13.1 Å². The van der Waals surface area contributed by atoms with E-state index < -0.39 is 11.7 Å². The molecular formula is C11H21ClN2O3. The highest BCUT2D eigenvalue weighted by Crippen LogP contribution is 2.05. The second-order valence-corrected chi connectivity index (χ2v) is 5.08. The summed E-state index contributed by atoms with van der Waals surface area (Å²) in [7, 11) is 0. The third-order valence-corrected chi connectivity index (χ3v) is 2.23. The maximum absolute atomic E-state index is 11.3. The van der Waals surface area contributed by atoms with Gasteiger partial charge >= 0.3 is 6.09 Å². The Morgan fingerprint density at radius 1 is 1.24 bits per heavy atom. The van der Waals surface area contributed by atoms with E-state index in [-0.39, 0.29) is 17.7 Å². The van der Waals surface area contributed by atoms with Crippen molar-refractivity contribution in [3.8, 4) is 0 Å². The SMILES string of the molecule is CC(CCl)C(=O)NCCNC(=O)OC(C)(C)C. The van der Waals surface area contributed by atoms with E-state index in [1.807, 2.05) is 0 Å². The molecule has 0 radical (unpaired) electrons. The van der Waals surface area contributed by atoms with Gasteiger partial charge in [-0.25, -0.2) is 4.79 Å². The Hall–Kier alpha value is -0.970. The van der Waals surface area contributed by atoms with Gasteiger partial charge in [0, 0.05) is 24.9 Å². The quantitative estimate of drug-likeness (QED) is 0.584. The number of alkyl halides is 1. The third kappa shape index (κ3) is 8.80. The van der Waals surface area contributed by atoms with Gasteiger partial charge in [0.05, 0.1) is 0 Å². The van der Waals surface area contributed by atoms with Crippen LogP contribution in [0.25, 0.3) is 0 Å². The molecule has 2 amide bonds. The van der Waals surface area contributed by atoms with Gasteiger partial charge < -0.3 is 15.4 Å². The molecule has 0 rings (SSSR count). The Kier molecular flexibility index (Phi) is 6.95. The standard InChI is InChI=1S/C11H21ClN2O3/c1-8(7-12)9(15)13-5-6-14-10(16)17-11(2,3)4/h8H,5-7H2,1-4H3,(H,13,15)(H,14,16). The molecule has 1 unspecified atom stereocenters. The molecular weight excluding hydrogens is 244 g/mol. The summed E-state index contributed by atoms with van der Waals surface area (Å²) >= 11 is 5.53. The molecule has 0 saturated carbocycles. The number of carbonyl (C=O) groups excluding carboxylic acids is 2. The number of halogens is 1. The third-order valence-electron chi connectivity index (χ3n) is 1.77. The second-order valence-electron chi connectivity index (χ2n) is 4.78. The Bertz CT molecular complexity index is 264. The topological polar surface area (TPSA) is 67.4 Å². The van der Waals surface area contributed by atoms with Crippen LogP contribution >= 0.6 is 11.6 Å². The zero-order valence-corrected chi connectivity index (χ0v) is 11.6. The first-order valence-electron chi connectivity index (χ1n) is 5.57. The molecule has 0 spiro atoms. The smallest absolute Gasteiger partial charge is 0.407 e. The van der Waals surface area contributed by atoms with Crippen molar-refractivity contribution >= 4 is 23.6 Å². The van der Waals surface area contributed by atoms with Crippen molar-refractivity contribution in [2.45, 2.75) is 33.3 Å². The van der Waals surface area contributed by atoms with E-state index in [0.717, 1.165) is 0 Å². The maximum Gasteiger partial charge on any atom is 0.407 e. The average molecular weight is 265 g/mol. The highest BCUT2D eigenvalue weighted by atomic mass is 35.5. The number of carbonyl (C=O) groups is 2. The summed E-state index contributed by atoms with van der Waals surface area (Å²) in [5, 5.41) is 5.20. The Morgan fingerprint density at radius 3 is 2.24 bits per heavy atom. The number of rotatable bonds is 5. The van der Waals surface area contributed by atoms with Crippen LogP contribution in [0.1, 0.15) is 27.7 Å². The van der Waals surface area contributed by atoms with Crippen LogP contribution in [-0.2, 0) is 9.53 Å². The lowest BCUT2D eigenvalue weighted by Gasteiger charge is -2.19. The van der Waals surface area contributed by atoms with Crippen molar-refractivity contribution < 1.29 is 14.3 Å². The van der Waals surface area contributed by atoms with Crippen molar-refractivity contribution in [1.29, 1.82) is 0 Å². The fraction of sp³-hybridized carbons (Fsp3) is 0.818. The molecule has 0 aliphatic heterocycles. The van der Waals surface area contributed by atoms with Gasteiger partial charge in [0.15, 0.2) is 0 Å². The Labute approximate surface area is 107 Å². The minimum Gasteiger partial charge on any atom is -0.444 e. The summed E-state index contributed by atoms with van der Waals surface area (Å²) in [5.41, 5.74) is -0.513. The summed E-state index contributed by atoms with van der Waals surface area (Å²) in [6, 6.07) is 0. The van der Waals surface area contributed by atoms with Gasteiger partial charge in [0.2, 0.25) is 5.91 Å². The van der Waals surface area contributed by atoms with Crippen molar-refractivity contribution in [3.05, 3.63) is 0 Å². The fourth-order valence-corrected chi connectivity index (χ4v) is 1.05. The number of hydrogen-bond donors (Lipinski definition) is 2. The normalized spacial score (nSPS) is 12.8. The van der Waals surface area contributed by atoms with E-state index in [1.54, 1.807) is 27.7 Å². The van der Waals surface area contributed by atoms with Crippen LogP contribution in [-0.4, -0.2) is 36.6 Å². The van der Waals surface area contributed by atoms with Gasteiger partial charge in [-0.1, -0.05) is 6.92 Å². The fourth-order valence-electron chi connectivity index (χ4n) is 0.909. The minimum absolute atomic E-state index is 0.119.